The Bertz CT molecular complexity index is 287. The third kappa shape index (κ3) is 2.51. The van der Waals surface area contributed by atoms with E-state index < -0.39 is 5.92 Å². The highest BCUT2D eigenvalue weighted by Crippen LogP contribution is 2.27. The van der Waals surface area contributed by atoms with Gasteiger partial charge in [0.2, 0.25) is 0 Å². The predicted octanol–water partition coefficient (Wildman–Crippen LogP) is 3.08. The second kappa shape index (κ2) is 4.05. The van der Waals surface area contributed by atoms with Crippen LogP contribution in [0.1, 0.15) is 31.0 Å². The highest BCUT2D eigenvalue weighted by Gasteiger charge is 2.23. The maximum atomic E-state index is 12.9. The molecule has 1 N–H and O–H groups in total. The Morgan fingerprint density at radius 1 is 1.21 bits per heavy atom. The third-order valence-corrected chi connectivity index (χ3v) is 2.35. The molecule has 0 spiro atoms. The van der Waals surface area contributed by atoms with Crippen LogP contribution in [-0.2, 0) is 5.92 Å². The molecule has 0 fully saturated rings. The molecule has 0 saturated carbocycles. The second-order valence-electron chi connectivity index (χ2n) is 3.52. The molecule has 0 radical (unpaired) electrons. The van der Waals surface area contributed by atoms with Gasteiger partial charge in [-0.1, -0.05) is 24.3 Å². The van der Waals surface area contributed by atoms with Crippen molar-refractivity contribution in [3.63, 3.8) is 0 Å². The lowest BCUT2D eigenvalue weighted by Crippen LogP contribution is -2.13. The van der Waals surface area contributed by atoms with Crippen molar-refractivity contribution < 1.29 is 8.78 Å². The largest absolute Gasteiger partial charge is 0.313 e. The lowest BCUT2D eigenvalue weighted by atomic mass is 10.0. The molecule has 14 heavy (non-hydrogen) atoms. The van der Waals surface area contributed by atoms with Crippen LogP contribution in [0.4, 0.5) is 8.78 Å². The summed E-state index contributed by atoms with van der Waals surface area (Å²) in [5.74, 6) is -2.75. The lowest BCUT2D eigenvalue weighted by Gasteiger charge is -2.14. The van der Waals surface area contributed by atoms with Crippen molar-refractivity contribution in [2.45, 2.75) is 25.8 Å². The summed E-state index contributed by atoms with van der Waals surface area (Å²) in [7, 11) is 1.84. The molecule has 0 aliphatic heterocycles. The quantitative estimate of drug-likeness (QED) is 0.788. The molecular formula is C11H15F2N. The van der Waals surface area contributed by atoms with E-state index in [1.807, 2.05) is 14.0 Å². The smallest absolute Gasteiger partial charge is 0.270 e. The first-order valence-electron chi connectivity index (χ1n) is 4.60. The Labute approximate surface area is 83.1 Å². The molecule has 1 aromatic carbocycles. The van der Waals surface area contributed by atoms with E-state index in [0.717, 1.165) is 12.5 Å². The predicted molar refractivity (Wildman–Crippen MR) is 53.5 cm³/mol. The normalized spacial score (nSPS) is 14.1. The van der Waals surface area contributed by atoms with Gasteiger partial charge in [0.15, 0.2) is 0 Å². The first-order chi connectivity index (χ1) is 6.45. The Balaban J connectivity index is 2.89. The van der Waals surface area contributed by atoms with E-state index in [2.05, 4.69) is 5.32 Å². The fraction of sp³-hybridized carbons (Fsp3) is 0.455. The minimum Gasteiger partial charge on any atom is -0.313 e. The number of rotatable bonds is 3. The van der Waals surface area contributed by atoms with Crippen LogP contribution in [0.25, 0.3) is 0 Å². The monoisotopic (exact) mass is 199 g/mol. The molecule has 0 amide bonds. The van der Waals surface area contributed by atoms with Crippen molar-refractivity contribution in [1.82, 2.24) is 5.32 Å². The summed E-state index contributed by atoms with van der Waals surface area (Å²) in [6, 6.07) is 6.60. The molecule has 3 heteroatoms. The number of nitrogens with one attached hydrogen (secondary N) is 1. The van der Waals surface area contributed by atoms with Crippen LogP contribution < -0.4 is 5.32 Å². The maximum absolute atomic E-state index is 12.9. The van der Waals surface area contributed by atoms with E-state index in [-0.39, 0.29) is 11.6 Å². The van der Waals surface area contributed by atoms with Crippen molar-refractivity contribution in [1.29, 1.82) is 0 Å². The summed E-state index contributed by atoms with van der Waals surface area (Å²) >= 11 is 0. The van der Waals surface area contributed by atoms with Gasteiger partial charge in [0.05, 0.1) is 0 Å². The summed E-state index contributed by atoms with van der Waals surface area (Å²) < 4.78 is 25.7. The molecule has 0 bridgehead atoms. The average Bonchev–Trinajstić information content (AvgIpc) is 2.15. The summed E-state index contributed by atoms with van der Waals surface area (Å²) in [5.41, 5.74) is 1.07. The van der Waals surface area contributed by atoms with E-state index in [1.54, 1.807) is 12.1 Å². The summed E-state index contributed by atoms with van der Waals surface area (Å²) in [5, 5.41) is 3.05. The number of hydrogen-bond donors (Lipinski definition) is 1. The molecule has 0 unspecified atom stereocenters. The van der Waals surface area contributed by atoms with Crippen LogP contribution in [0.3, 0.4) is 0 Å². The Morgan fingerprint density at radius 2 is 1.71 bits per heavy atom. The molecule has 0 aromatic heterocycles. The molecule has 0 heterocycles. The molecule has 0 aliphatic carbocycles. The van der Waals surface area contributed by atoms with Crippen molar-refractivity contribution in [2.75, 3.05) is 7.05 Å². The van der Waals surface area contributed by atoms with Crippen molar-refractivity contribution in [3.8, 4) is 0 Å². The van der Waals surface area contributed by atoms with E-state index in [1.165, 1.54) is 12.1 Å². The zero-order valence-corrected chi connectivity index (χ0v) is 8.64. The van der Waals surface area contributed by atoms with Crippen molar-refractivity contribution >= 4 is 0 Å². The van der Waals surface area contributed by atoms with Gasteiger partial charge in [0.25, 0.3) is 5.92 Å². The van der Waals surface area contributed by atoms with Gasteiger partial charge in [-0.2, -0.15) is 0 Å². The van der Waals surface area contributed by atoms with Gasteiger partial charge in [0.1, 0.15) is 0 Å². The second-order valence-corrected chi connectivity index (χ2v) is 3.52. The zero-order valence-electron chi connectivity index (χ0n) is 8.64. The van der Waals surface area contributed by atoms with Crippen LogP contribution in [0.15, 0.2) is 24.3 Å². The summed E-state index contributed by atoms with van der Waals surface area (Å²) in [6.45, 7) is 2.89. The van der Waals surface area contributed by atoms with E-state index in [4.69, 9.17) is 0 Å². The van der Waals surface area contributed by atoms with E-state index >= 15 is 0 Å². The minimum absolute atomic E-state index is 0.0598. The summed E-state index contributed by atoms with van der Waals surface area (Å²) in [4.78, 5) is 0. The van der Waals surface area contributed by atoms with Crippen LogP contribution >= 0.6 is 0 Å². The van der Waals surface area contributed by atoms with E-state index in [9.17, 15) is 8.78 Å². The minimum atomic E-state index is -2.75. The topological polar surface area (TPSA) is 12.0 Å². The van der Waals surface area contributed by atoms with Gasteiger partial charge in [0, 0.05) is 18.5 Å². The fourth-order valence-corrected chi connectivity index (χ4v) is 1.23. The van der Waals surface area contributed by atoms with Gasteiger partial charge < -0.3 is 5.32 Å². The maximum Gasteiger partial charge on any atom is 0.270 e. The first-order valence-corrected chi connectivity index (χ1v) is 4.60. The molecule has 1 nitrogen and oxygen atoms in total. The number of benzene rings is 1. The fourth-order valence-electron chi connectivity index (χ4n) is 1.23. The molecule has 78 valence electrons. The first kappa shape index (κ1) is 11.1. The number of hydrogen-bond acceptors (Lipinski definition) is 1. The molecular weight excluding hydrogens is 184 g/mol. The van der Waals surface area contributed by atoms with Crippen LogP contribution in [0.2, 0.25) is 0 Å². The van der Waals surface area contributed by atoms with Crippen LogP contribution in [0.5, 0.6) is 0 Å². The highest BCUT2D eigenvalue weighted by molar-refractivity contribution is 5.27. The van der Waals surface area contributed by atoms with E-state index in [0.29, 0.717) is 0 Å². The van der Waals surface area contributed by atoms with Gasteiger partial charge in [-0.3, -0.25) is 0 Å². The Hall–Kier alpha value is -0.960. The molecule has 1 aromatic rings. The Morgan fingerprint density at radius 3 is 2.07 bits per heavy atom. The third-order valence-electron chi connectivity index (χ3n) is 2.35. The highest BCUT2D eigenvalue weighted by atomic mass is 19.3. The van der Waals surface area contributed by atoms with Gasteiger partial charge in [-0.25, -0.2) is 8.78 Å². The molecule has 1 rings (SSSR count). The van der Waals surface area contributed by atoms with Crippen molar-refractivity contribution in [2.24, 2.45) is 0 Å². The van der Waals surface area contributed by atoms with Gasteiger partial charge >= 0.3 is 0 Å². The molecule has 0 saturated heterocycles. The lowest BCUT2D eigenvalue weighted by molar-refractivity contribution is 0.0174. The Kier molecular flexibility index (Phi) is 3.21. The standard InChI is InChI=1S/C11H15F2N/c1-8(14-3)9-4-6-10(7-5-9)11(2,12)13/h4-8,14H,1-3H3/t8-/m1/s1. The van der Waals surface area contributed by atoms with Crippen LogP contribution in [0, 0.1) is 0 Å². The SMILES string of the molecule is CN[C@H](C)c1ccc(C(C)(F)F)cc1. The zero-order chi connectivity index (χ0) is 10.8. The van der Waals surface area contributed by atoms with Gasteiger partial charge in [-0.05, 0) is 19.5 Å². The number of alkyl halides is 2. The molecule has 1 atom stereocenters. The van der Waals surface area contributed by atoms with Crippen LogP contribution in [-0.4, -0.2) is 7.05 Å². The summed E-state index contributed by atoms with van der Waals surface area (Å²) in [6.07, 6.45) is 0. The average molecular weight is 199 g/mol. The van der Waals surface area contributed by atoms with Gasteiger partial charge in [-0.15, -0.1) is 0 Å². The molecule has 0 aliphatic rings. The number of halogens is 2. The van der Waals surface area contributed by atoms with Crippen molar-refractivity contribution in [3.05, 3.63) is 35.4 Å².